The van der Waals surface area contributed by atoms with E-state index in [9.17, 15) is 4.79 Å². The molecule has 0 unspecified atom stereocenters. The van der Waals surface area contributed by atoms with Crippen molar-refractivity contribution in [2.75, 3.05) is 13.1 Å². The van der Waals surface area contributed by atoms with Crippen molar-refractivity contribution in [3.05, 3.63) is 53.6 Å². The van der Waals surface area contributed by atoms with Gasteiger partial charge in [0, 0.05) is 38.4 Å². The van der Waals surface area contributed by atoms with Crippen LogP contribution in [0.4, 0.5) is 0 Å². The zero-order valence-electron chi connectivity index (χ0n) is 14.7. The minimum absolute atomic E-state index is 0.260. The largest absolute Gasteiger partial charge is 0.342 e. The van der Waals surface area contributed by atoms with Gasteiger partial charge in [-0.05, 0) is 31.2 Å². The monoisotopic (exact) mass is 325 g/mol. The molecule has 1 amide bonds. The number of carbonyl (C=O) groups excluding carboxylic acids is 1. The molecule has 0 N–H and O–H groups in total. The van der Waals surface area contributed by atoms with Gasteiger partial charge < -0.3 is 9.47 Å². The first-order valence-electron chi connectivity index (χ1n) is 8.99. The van der Waals surface area contributed by atoms with Crippen molar-refractivity contribution in [2.24, 2.45) is 5.92 Å². The van der Waals surface area contributed by atoms with E-state index < -0.39 is 0 Å². The summed E-state index contributed by atoms with van der Waals surface area (Å²) >= 11 is 0. The summed E-state index contributed by atoms with van der Waals surface area (Å²) in [7, 11) is 0. The first-order chi connectivity index (χ1) is 11.7. The fourth-order valence-corrected chi connectivity index (χ4v) is 3.57. The SMILES string of the molecule is CCc1nccn1CC1CCN(C(=O)Cc2cccc(C)c2)CC1. The number of hydrogen-bond donors (Lipinski definition) is 0. The van der Waals surface area contributed by atoms with Crippen molar-refractivity contribution in [1.82, 2.24) is 14.5 Å². The lowest BCUT2D eigenvalue weighted by Crippen LogP contribution is -2.40. The highest BCUT2D eigenvalue weighted by molar-refractivity contribution is 5.78. The fraction of sp³-hybridized carbons (Fsp3) is 0.500. The highest BCUT2D eigenvalue weighted by Crippen LogP contribution is 2.21. The van der Waals surface area contributed by atoms with Crippen LogP contribution in [0.25, 0.3) is 0 Å². The maximum absolute atomic E-state index is 12.5. The van der Waals surface area contributed by atoms with Crippen molar-refractivity contribution in [3.8, 4) is 0 Å². The summed E-state index contributed by atoms with van der Waals surface area (Å²) in [6.45, 7) is 7.01. The molecule has 0 saturated carbocycles. The van der Waals surface area contributed by atoms with Crippen molar-refractivity contribution in [1.29, 1.82) is 0 Å². The van der Waals surface area contributed by atoms with Gasteiger partial charge in [-0.3, -0.25) is 4.79 Å². The normalized spacial score (nSPS) is 15.7. The van der Waals surface area contributed by atoms with Crippen molar-refractivity contribution in [3.63, 3.8) is 0 Å². The Hall–Kier alpha value is -2.10. The summed E-state index contributed by atoms with van der Waals surface area (Å²) in [5, 5.41) is 0. The predicted molar refractivity (Wildman–Crippen MR) is 95.8 cm³/mol. The number of benzene rings is 1. The van der Waals surface area contributed by atoms with Crippen LogP contribution < -0.4 is 0 Å². The number of imidazole rings is 1. The maximum Gasteiger partial charge on any atom is 0.226 e. The van der Waals surface area contributed by atoms with E-state index in [0.717, 1.165) is 50.3 Å². The number of piperidine rings is 1. The van der Waals surface area contributed by atoms with Crippen molar-refractivity contribution >= 4 is 5.91 Å². The van der Waals surface area contributed by atoms with E-state index in [-0.39, 0.29) is 5.91 Å². The second-order valence-corrected chi connectivity index (χ2v) is 6.84. The molecule has 3 rings (SSSR count). The number of carbonyl (C=O) groups is 1. The average molecular weight is 325 g/mol. The highest BCUT2D eigenvalue weighted by atomic mass is 16.2. The third kappa shape index (κ3) is 4.05. The molecule has 4 nitrogen and oxygen atoms in total. The molecule has 24 heavy (non-hydrogen) atoms. The smallest absolute Gasteiger partial charge is 0.226 e. The van der Waals surface area contributed by atoms with Gasteiger partial charge in [-0.15, -0.1) is 0 Å². The molecule has 2 heterocycles. The molecule has 1 aliphatic heterocycles. The lowest BCUT2D eigenvalue weighted by Gasteiger charge is -2.32. The Morgan fingerprint density at radius 1 is 1.29 bits per heavy atom. The highest BCUT2D eigenvalue weighted by Gasteiger charge is 2.23. The molecule has 0 radical (unpaired) electrons. The molecular weight excluding hydrogens is 298 g/mol. The van der Waals surface area contributed by atoms with Gasteiger partial charge in [-0.1, -0.05) is 36.8 Å². The molecular formula is C20H27N3O. The van der Waals surface area contributed by atoms with Gasteiger partial charge >= 0.3 is 0 Å². The van der Waals surface area contributed by atoms with Crippen LogP contribution in [0.15, 0.2) is 36.7 Å². The van der Waals surface area contributed by atoms with Crippen LogP contribution in [0, 0.1) is 12.8 Å². The van der Waals surface area contributed by atoms with E-state index in [2.05, 4.69) is 41.7 Å². The zero-order chi connectivity index (χ0) is 16.9. The molecule has 0 spiro atoms. The van der Waals surface area contributed by atoms with E-state index in [1.54, 1.807) is 0 Å². The Morgan fingerprint density at radius 3 is 2.79 bits per heavy atom. The number of aryl methyl sites for hydroxylation is 2. The Labute approximate surface area is 144 Å². The van der Waals surface area contributed by atoms with Crippen LogP contribution >= 0.6 is 0 Å². The third-order valence-corrected chi connectivity index (χ3v) is 4.98. The van der Waals surface area contributed by atoms with Gasteiger partial charge in [0.1, 0.15) is 5.82 Å². The number of amides is 1. The van der Waals surface area contributed by atoms with Gasteiger partial charge in [0.15, 0.2) is 0 Å². The molecule has 2 aromatic rings. The van der Waals surface area contributed by atoms with Crippen LogP contribution in [0.3, 0.4) is 0 Å². The summed E-state index contributed by atoms with van der Waals surface area (Å²) in [5.41, 5.74) is 2.33. The van der Waals surface area contributed by atoms with E-state index in [1.165, 1.54) is 5.56 Å². The average Bonchev–Trinajstić information content (AvgIpc) is 3.02. The van der Waals surface area contributed by atoms with Crippen LogP contribution in [0.1, 0.15) is 36.7 Å². The Kier molecular flexibility index (Phi) is 5.34. The predicted octanol–water partition coefficient (Wildman–Crippen LogP) is 3.24. The van der Waals surface area contributed by atoms with E-state index in [1.807, 2.05) is 23.2 Å². The zero-order valence-corrected chi connectivity index (χ0v) is 14.7. The Morgan fingerprint density at radius 2 is 2.08 bits per heavy atom. The lowest BCUT2D eigenvalue weighted by atomic mass is 9.96. The quantitative estimate of drug-likeness (QED) is 0.846. The number of likely N-dealkylation sites (tertiary alicyclic amines) is 1. The first kappa shape index (κ1) is 16.7. The number of nitrogens with zero attached hydrogens (tertiary/aromatic N) is 3. The summed E-state index contributed by atoms with van der Waals surface area (Å²) in [6.07, 6.45) is 7.63. The van der Waals surface area contributed by atoms with Gasteiger partial charge in [-0.25, -0.2) is 4.98 Å². The molecule has 0 bridgehead atoms. The standard InChI is InChI=1S/C20H27N3O/c1-3-19-21-9-12-23(19)15-17-7-10-22(11-8-17)20(24)14-18-6-4-5-16(2)13-18/h4-6,9,12-13,17H,3,7-8,10-11,14-15H2,1-2H3. The van der Waals surface area contributed by atoms with Crippen molar-refractivity contribution in [2.45, 2.75) is 46.1 Å². The first-order valence-corrected chi connectivity index (χ1v) is 8.99. The van der Waals surface area contributed by atoms with Gasteiger partial charge in [0.05, 0.1) is 6.42 Å². The van der Waals surface area contributed by atoms with E-state index in [4.69, 9.17) is 0 Å². The lowest BCUT2D eigenvalue weighted by molar-refractivity contribution is -0.131. The van der Waals surface area contributed by atoms with Crippen LogP contribution in [0.2, 0.25) is 0 Å². The molecule has 1 fully saturated rings. The molecule has 1 aromatic carbocycles. The number of aromatic nitrogens is 2. The minimum atomic E-state index is 0.260. The second-order valence-electron chi connectivity index (χ2n) is 6.84. The molecule has 0 aliphatic carbocycles. The molecule has 4 heteroatoms. The fourth-order valence-electron chi connectivity index (χ4n) is 3.57. The molecule has 128 valence electrons. The van der Waals surface area contributed by atoms with Gasteiger partial charge in [-0.2, -0.15) is 0 Å². The molecule has 1 saturated heterocycles. The molecule has 1 aromatic heterocycles. The topological polar surface area (TPSA) is 38.1 Å². The Balaban J connectivity index is 1.50. The van der Waals surface area contributed by atoms with E-state index in [0.29, 0.717) is 12.3 Å². The minimum Gasteiger partial charge on any atom is -0.342 e. The molecule has 0 atom stereocenters. The van der Waals surface area contributed by atoms with Crippen LogP contribution in [-0.2, 0) is 24.2 Å². The summed E-state index contributed by atoms with van der Waals surface area (Å²) < 4.78 is 2.27. The third-order valence-electron chi connectivity index (χ3n) is 4.98. The number of rotatable bonds is 5. The van der Waals surface area contributed by atoms with Crippen LogP contribution in [0.5, 0.6) is 0 Å². The van der Waals surface area contributed by atoms with Gasteiger partial charge in [0.2, 0.25) is 5.91 Å². The second kappa shape index (κ2) is 7.65. The summed E-state index contributed by atoms with van der Waals surface area (Å²) in [4.78, 5) is 18.9. The van der Waals surface area contributed by atoms with Gasteiger partial charge in [0.25, 0.3) is 0 Å². The Bertz CT molecular complexity index is 684. The van der Waals surface area contributed by atoms with Crippen LogP contribution in [-0.4, -0.2) is 33.4 Å². The van der Waals surface area contributed by atoms with Crippen molar-refractivity contribution < 1.29 is 4.79 Å². The summed E-state index contributed by atoms with van der Waals surface area (Å²) in [6, 6.07) is 8.25. The number of hydrogen-bond acceptors (Lipinski definition) is 2. The molecule has 1 aliphatic rings. The summed E-state index contributed by atoms with van der Waals surface area (Å²) in [5.74, 6) is 2.07. The maximum atomic E-state index is 12.5. The van der Waals surface area contributed by atoms with E-state index >= 15 is 0 Å².